The van der Waals surface area contributed by atoms with Crippen LogP contribution in [0.5, 0.6) is 0 Å². The second-order valence-electron chi connectivity index (χ2n) is 7.11. The van der Waals surface area contributed by atoms with E-state index in [9.17, 15) is 0 Å². The van der Waals surface area contributed by atoms with E-state index < -0.39 is 0 Å². The van der Waals surface area contributed by atoms with E-state index >= 15 is 0 Å². The second-order valence-corrected chi connectivity index (χ2v) is 7.11. The zero-order valence-corrected chi connectivity index (χ0v) is 11.7. The number of nitrogens with zero attached hydrogens (tertiary/aromatic N) is 1. The molecule has 1 heterocycles. The van der Waals surface area contributed by atoms with Crippen molar-refractivity contribution < 1.29 is 0 Å². The third-order valence-corrected chi connectivity index (χ3v) is 5.50. The molecule has 0 bridgehead atoms. The second kappa shape index (κ2) is 4.24. The number of rotatable bonds is 5. The molecule has 98 valence electrons. The van der Waals surface area contributed by atoms with Crippen LogP contribution in [0.25, 0.3) is 0 Å². The van der Waals surface area contributed by atoms with Crippen molar-refractivity contribution in [1.82, 2.24) is 10.2 Å². The van der Waals surface area contributed by atoms with E-state index in [1.54, 1.807) is 0 Å². The largest absolute Gasteiger partial charge is 0.312 e. The molecule has 2 saturated carbocycles. The Morgan fingerprint density at radius 3 is 2.53 bits per heavy atom. The summed E-state index contributed by atoms with van der Waals surface area (Å²) in [6.07, 6.45) is 7.17. The molecule has 3 aliphatic rings. The highest BCUT2D eigenvalue weighted by Crippen LogP contribution is 2.51. The molecule has 0 spiro atoms. The first-order chi connectivity index (χ1) is 8.11. The summed E-state index contributed by atoms with van der Waals surface area (Å²) in [6, 6.07) is 2.52. The van der Waals surface area contributed by atoms with E-state index in [4.69, 9.17) is 0 Å². The fraction of sp³-hybridized carbons (Fsp3) is 1.00. The van der Waals surface area contributed by atoms with Crippen LogP contribution >= 0.6 is 0 Å². The fourth-order valence-corrected chi connectivity index (χ4v) is 3.59. The quantitative estimate of drug-likeness (QED) is 0.789. The van der Waals surface area contributed by atoms with Gasteiger partial charge in [0.15, 0.2) is 0 Å². The average Bonchev–Trinajstić information content (AvgIpc) is 3.17. The Kier molecular flexibility index (Phi) is 2.99. The summed E-state index contributed by atoms with van der Waals surface area (Å²) in [5, 5.41) is 3.87. The normalized spacial score (nSPS) is 36.7. The van der Waals surface area contributed by atoms with Gasteiger partial charge in [-0.05, 0) is 50.4 Å². The Bertz CT molecular complexity index is 279. The number of nitrogens with one attached hydrogen (secondary N) is 1. The van der Waals surface area contributed by atoms with E-state index in [0.29, 0.717) is 5.41 Å². The van der Waals surface area contributed by atoms with Crippen LogP contribution in [-0.4, -0.2) is 36.1 Å². The Morgan fingerprint density at radius 1 is 1.29 bits per heavy atom. The van der Waals surface area contributed by atoms with Crippen molar-refractivity contribution in [3.63, 3.8) is 0 Å². The smallest absolute Gasteiger partial charge is 0.0210 e. The van der Waals surface area contributed by atoms with Crippen LogP contribution in [0.1, 0.15) is 52.9 Å². The highest BCUT2D eigenvalue weighted by atomic mass is 15.3. The van der Waals surface area contributed by atoms with Gasteiger partial charge in [0.2, 0.25) is 0 Å². The average molecular weight is 236 g/mol. The minimum atomic E-state index is 0.663. The van der Waals surface area contributed by atoms with Crippen molar-refractivity contribution in [2.45, 2.75) is 71.0 Å². The molecule has 3 fully saturated rings. The van der Waals surface area contributed by atoms with Crippen molar-refractivity contribution in [2.75, 3.05) is 13.1 Å². The first-order valence-corrected chi connectivity index (χ1v) is 7.60. The minimum Gasteiger partial charge on any atom is -0.312 e. The lowest BCUT2D eigenvalue weighted by atomic mass is 9.92. The van der Waals surface area contributed by atoms with Crippen LogP contribution < -0.4 is 5.32 Å². The van der Waals surface area contributed by atoms with Crippen LogP contribution in [0.3, 0.4) is 0 Å². The first kappa shape index (κ1) is 12.0. The van der Waals surface area contributed by atoms with Gasteiger partial charge in [-0.1, -0.05) is 13.8 Å². The standard InChI is InChI=1S/C15H28N2/c1-11(2)15(6-7-15)10-16-13-8-12(3)17(9-13)14-4-5-14/h11-14,16H,4-10H2,1-3H3. The number of hydrogen-bond acceptors (Lipinski definition) is 2. The van der Waals surface area contributed by atoms with E-state index in [2.05, 4.69) is 31.0 Å². The molecule has 2 unspecified atom stereocenters. The first-order valence-electron chi connectivity index (χ1n) is 7.60. The van der Waals surface area contributed by atoms with Gasteiger partial charge in [-0.15, -0.1) is 0 Å². The summed E-state index contributed by atoms with van der Waals surface area (Å²) < 4.78 is 0. The van der Waals surface area contributed by atoms with Gasteiger partial charge in [-0.25, -0.2) is 0 Å². The number of hydrogen-bond donors (Lipinski definition) is 1. The van der Waals surface area contributed by atoms with Crippen molar-refractivity contribution >= 4 is 0 Å². The van der Waals surface area contributed by atoms with Gasteiger partial charge in [0.05, 0.1) is 0 Å². The van der Waals surface area contributed by atoms with E-state index in [0.717, 1.165) is 24.0 Å². The molecule has 17 heavy (non-hydrogen) atoms. The third-order valence-electron chi connectivity index (χ3n) is 5.50. The van der Waals surface area contributed by atoms with Crippen molar-refractivity contribution in [2.24, 2.45) is 11.3 Å². The van der Waals surface area contributed by atoms with E-state index in [1.165, 1.54) is 45.2 Å². The lowest BCUT2D eigenvalue weighted by Crippen LogP contribution is -2.38. The SMILES string of the molecule is CC1CC(NCC2(C(C)C)CC2)CN1C1CC1. The molecule has 1 N–H and O–H groups in total. The topological polar surface area (TPSA) is 15.3 Å². The van der Waals surface area contributed by atoms with Gasteiger partial charge in [0, 0.05) is 31.2 Å². The summed E-state index contributed by atoms with van der Waals surface area (Å²) in [6.45, 7) is 9.76. The zero-order valence-electron chi connectivity index (χ0n) is 11.7. The van der Waals surface area contributed by atoms with E-state index in [-0.39, 0.29) is 0 Å². The maximum Gasteiger partial charge on any atom is 0.0210 e. The zero-order chi connectivity index (χ0) is 12.0. The van der Waals surface area contributed by atoms with Gasteiger partial charge in [-0.2, -0.15) is 0 Å². The summed E-state index contributed by atoms with van der Waals surface area (Å²) in [4.78, 5) is 2.74. The predicted molar refractivity (Wildman–Crippen MR) is 72.1 cm³/mol. The Hall–Kier alpha value is -0.0800. The Labute approximate surface area is 106 Å². The molecule has 0 aromatic heterocycles. The lowest BCUT2D eigenvalue weighted by Gasteiger charge is -2.23. The van der Waals surface area contributed by atoms with Gasteiger partial charge in [-0.3, -0.25) is 4.90 Å². The Balaban J connectivity index is 1.47. The van der Waals surface area contributed by atoms with Crippen LogP contribution in [-0.2, 0) is 0 Å². The molecular weight excluding hydrogens is 208 g/mol. The fourth-order valence-electron chi connectivity index (χ4n) is 3.59. The molecule has 2 atom stereocenters. The summed E-state index contributed by atoms with van der Waals surface area (Å²) in [5.74, 6) is 0.855. The molecule has 3 rings (SSSR count). The molecule has 2 heteroatoms. The molecule has 1 saturated heterocycles. The molecular formula is C15H28N2. The molecule has 0 radical (unpaired) electrons. The van der Waals surface area contributed by atoms with Gasteiger partial charge >= 0.3 is 0 Å². The van der Waals surface area contributed by atoms with Gasteiger partial charge < -0.3 is 5.32 Å². The monoisotopic (exact) mass is 236 g/mol. The summed E-state index contributed by atoms with van der Waals surface area (Å²) >= 11 is 0. The molecule has 2 aliphatic carbocycles. The molecule has 0 aromatic rings. The lowest BCUT2D eigenvalue weighted by molar-refractivity contribution is 0.252. The molecule has 2 nitrogen and oxygen atoms in total. The van der Waals surface area contributed by atoms with Crippen molar-refractivity contribution in [3.05, 3.63) is 0 Å². The minimum absolute atomic E-state index is 0.663. The molecule has 1 aliphatic heterocycles. The molecule has 0 amide bonds. The number of likely N-dealkylation sites (tertiary alicyclic amines) is 1. The summed E-state index contributed by atoms with van der Waals surface area (Å²) in [5.41, 5.74) is 0.663. The van der Waals surface area contributed by atoms with Crippen molar-refractivity contribution in [3.8, 4) is 0 Å². The maximum atomic E-state index is 3.87. The van der Waals surface area contributed by atoms with Crippen LogP contribution in [0.15, 0.2) is 0 Å². The highest BCUT2D eigenvalue weighted by molar-refractivity contribution is 5.00. The van der Waals surface area contributed by atoms with Crippen molar-refractivity contribution in [1.29, 1.82) is 0 Å². The van der Waals surface area contributed by atoms with E-state index in [1.807, 2.05) is 0 Å². The summed E-state index contributed by atoms with van der Waals surface area (Å²) in [7, 11) is 0. The highest BCUT2D eigenvalue weighted by Gasteiger charge is 2.46. The Morgan fingerprint density at radius 2 is 2.00 bits per heavy atom. The van der Waals surface area contributed by atoms with Gasteiger partial charge in [0.1, 0.15) is 0 Å². The maximum absolute atomic E-state index is 3.87. The molecule has 0 aromatic carbocycles. The third kappa shape index (κ3) is 2.39. The predicted octanol–water partition coefficient (Wildman–Crippen LogP) is 2.64. The van der Waals surface area contributed by atoms with Gasteiger partial charge in [0.25, 0.3) is 0 Å². The van der Waals surface area contributed by atoms with Crippen LogP contribution in [0.4, 0.5) is 0 Å². The van der Waals surface area contributed by atoms with Crippen LogP contribution in [0.2, 0.25) is 0 Å². The van der Waals surface area contributed by atoms with Crippen LogP contribution in [0, 0.1) is 11.3 Å².